The van der Waals surface area contributed by atoms with E-state index in [1.807, 2.05) is 31.1 Å². The average Bonchev–Trinajstić information content (AvgIpc) is 2.60. The van der Waals surface area contributed by atoms with Crippen molar-refractivity contribution in [3.63, 3.8) is 0 Å². The second-order valence-electron chi connectivity index (χ2n) is 6.99. The Morgan fingerprint density at radius 1 is 1.26 bits per heavy atom. The molecule has 27 heavy (non-hydrogen) atoms. The van der Waals surface area contributed by atoms with Gasteiger partial charge in [-0.05, 0) is 44.6 Å². The van der Waals surface area contributed by atoms with Gasteiger partial charge in [0.1, 0.15) is 0 Å². The van der Waals surface area contributed by atoms with Crippen molar-refractivity contribution in [2.24, 2.45) is 5.73 Å². The number of hydrogen-bond donors (Lipinski definition) is 2. The first-order valence-electron chi connectivity index (χ1n) is 9.07. The summed E-state index contributed by atoms with van der Waals surface area (Å²) >= 11 is 0. The van der Waals surface area contributed by atoms with Gasteiger partial charge in [-0.3, -0.25) is 4.79 Å². The van der Waals surface area contributed by atoms with Crippen LogP contribution in [0.4, 0.5) is 0 Å². The third kappa shape index (κ3) is 6.73. The third-order valence-electron chi connectivity index (χ3n) is 4.51. The third-order valence-corrected chi connectivity index (χ3v) is 6.47. The molecule has 0 spiro atoms. The number of carbonyl (C=O) groups excluding carboxylic acids is 1. The van der Waals surface area contributed by atoms with E-state index in [1.165, 1.54) is 0 Å². The monoisotopic (exact) mass is 418 g/mol. The summed E-state index contributed by atoms with van der Waals surface area (Å²) in [5.41, 5.74) is 6.45. The molecule has 0 saturated carbocycles. The molecule has 1 saturated heterocycles. The van der Waals surface area contributed by atoms with Gasteiger partial charge in [0.15, 0.2) is 0 Å². The van der Waals surface area contributed by atoms with E-state index < -0.39 is 10.0 Å². The van der Waals surface area contributed by atoms with Crippen molar-refractivity contribution >= 4 is 28.3 Å². The van der Waals surface area contributed by atoms with Gasteiger partial charge in [-0.15, -0.1) is 12.4 Å². The molecule has 154 valence electrons. The lowest BCUT2D eigenvalue weighted by molar-refractivity contribution is -0.121. The number of hydrogen-bond acceptors (Lipinski definition) is 5. The van der Waals surface area contributed by atoms with Crippen LogP contribution in [0.15, 0.2) is 29.2 Å². The Morgan fingerprint density at radius 2 is 1.93 bits per heavy atom. The molecule has 1 aliphatic rings. The topological polar surface area (TPSA) is 95.7 Å². The zero-order valence-corrected chi connectivity index (χ0v) is 17.7. The van der Waals surface area contributed by atoms with Gasteiger partial charge >= 0.3 is 0 Å². The molecule has 0 aromatic heterocycles. The van der Waals surface area contributed by atoms with Crippen molar-refractivity contribution in [1.82, 2.24) is 14.5 Å². The van der Waals surface area contributed by atoms with Gasteiger partial charge in [-0.25, -0.2) is 8.42 Å². The van der Waals surface area contributed by atoms with Gasteiger partial charge in [-0.2, -0.15) is 4.31 Å². The van der Waals surface area contributed by atoms with Crippen molar-refractivity contribution in [1.29, 1.82) is 0 Å². The number of amides is 1. The summed E-state index contributed by atoms with van der Waals surface area (Å²) in [5.74, 6) is -0.136. The van der Waals surface area contributed by atoms with Crippen LogP contribution in [0.2, 0.25) is 0 Å². The standard InChI is InChI=1S/C18H30N4O3S.ClH/c1-21(2)14-15-6-8-17(9-7-15)26(24,25)22-12-4-3-5-16(22)13-20-18(23)10-11-19;/h6-9,16H,3-5,10-14,19H2,1-2H3,(H,20,23);1H. The van der Waals surface area contributed by atoms with Gasteiger partial charge in [0, 0.05) is 38.6 Å². The summed E-state index contributed by atoms with van der Waals surface area (Å²) in [6.07, 6.45) is 2.81. The molecular weight excluding hydrogens is 388 g/mol. The molecular formula is C18H31ClN4O3S. The van der Waals surface area contributed by atoms with E-state index in [2.05, 4.69) is 5.32 Å². The summed E-state index contributed by atoms with van der Waals surface area (Å²) in [7, 11) is 0.375. The van der Waals surface area contributed by atoms with Crippen molar-refractivity contribution in [2.75, 3.05) is 33.7 Å². The van der Waals surface area contributed by atoms with Crippen LogP contribution in [0.5, 0.6) is 0 Å². The number of nitrogens with one attached hydrogen (secondary N) is 1. The van der Waals surface area contributed by atoms with Gasteiger partial charge in [-0.1, -0.05) is 18.6 Å². The SMILES string of the molecule is CN(C)Cc1ccc(S(=O)(=O)N2CCCCC2CNC(=O)CCN)cc1.Cl. The van der Waals surface area contributed by atoms with Crippen LogP contribution in [0.25, 0.3) is 0 Å². The van der Waals surface area contributed by atoms with Crippen LogP contribution in [-0.4, -0.2) is 63.3 Å². The molecule has 1 atom stereocenters. The number of halogens is 1. The van der Waals surface area contributed by atoms with Crippen LogP contribution in [0, 0.1) is 0 Å². The van der Waals surface area contributed by atoms with Gasteiger partial charge in [0.25, 0.3) is 0 Å². The summed E-state index contributed by atoms with van der Waals surface area (Å²) < 4.78 is 27.7. The highest BCUT2D eigenvalue weighted by atomic mass is 35.5. The molecule has 9 heteroatoms. The number of rotatable bonds is 8. The van der Waals surface area contributed by atoms with E-state index >= 15 is 0 Å². The fourth-order valence-electron chi connectivity index (χ4n) is 3.21. The smallest absolute Gasteiger partial charge is 0.243 e. The second-order valence-corrected chi connectivity index (χ2v) is 8.88. The Bertz CT molecular complexity index is 695. The van der Waals surface area contributed by atoms with Crippen LogP contribution >= 0.6 is 12.4 Å². The van der Waals surface area contributed by atoms with Crippen LogP contribution < -0.4 is 11.1 Å². The number of carbonyl (C=O) groups is 1. The number of benzene rings is 1. The first kappa shape index (κ1) is 23.8. The van der Waals surface area contributed by atoms with E-state index in [4.69, 9.17) is 5.73 Å². The minimum Gasteiger partial charge on any atom is -0.354 e. The summed E-state index contributed by atoms with van der Waals surface area (Å²) in [6, 6.07) is 6.85. The largest absolute Gasteiger partial charge is 0.354 e. The van der Waals surface area contributed by atoms with Crippen LogP contribution in [-0.2, 0) is 21.4 Å². The lowest BCUT2D eigenvalue weighted by atomic mass is 10.1. The molecule has 1 heterocycles. The minimum atomic E-state index is -3.57. The molecule has 0 aliphatic carbocycles. The second kappa shape index (κ2) is 11.0. The fraction of sp³-hybridized carbons (Fsp3) is 0.611. The van der Waals surface area contributed by atoms with Gasteiger partial charge in [0.05, 0.1) is 4.90 Å². The molecule has 0 bridgehead atoms. The number of nitrogens with two attached hydrogens (primary N) is 1. The first-order chi connectivity index (χ1) is 12.3. The Kier molecular flexibility index (Phi) is 9.69. The van der Waals surface area contributed by atoms with E-state index in [0.29, 0.717) is 18.0 Å². The predicted molar refractivity (Wildman–Crippen MR) is 109 cm³/mol. The van der Waals surface area contributed by atoms with E-state index in [9.17, 15) is 13.2 Å². The molecule has 0 radical (unpaired) electrons. The predicted octanol–water partition coefficient (Wildman–Crippen LogP) is 1.18. The van der Waals surface area contributed by atoms with Crippen molar-refractivity contribution in [3.05, 3.63) is 29.8 Å². The van der Waals surface area contributed by atoms with E-state index in [1.54, 1.807) is 16.4 Å². The highest BCUT2D eigenvalue weighted by Gasteiger charge is 2.33. The Labute approximate surface area is 168 Å². The Morgan fingerprint density at radius 3 is 2.52 bits per heavy atom. The molecule has 2 rings (SSSR count). The molecule has 7 nitrogen and oxygen atoms in total. The zero-order valence-electron chi connectivity index (χ0n) is 16.1. The summed E-state index contributed by atoms with van der Waals surface area (Å²) in [6.45, 7) is 1.87. The van der Waals surface area contributed by atoms with Crippen LogP contribution in [0.1, 0.15) is 31.2 Å². The molecule has 1 aromatic rings. The molecule has 1 fully saturated rings. The molecule has 1 aliphatic heterocycles. The lowest BCUT2D eigenvalue weighted by Crippen LogP contribution is -2.49. The minimum absolute atomic E-state index is 0. The van der Waals surface area contributed by atoms with Gasteiger partial charge < -0.3 is 16.0 Å². The number of nitrogens with zero attached hydrogens (tertiary/aromatic N) is 2. The zero-order chi connectivity index (χ0) is 19.2. The Hall–Kier alpha value is -1.19. The maximum atomic E-state index is 13.1. The van der Waals surface area contributed by atoms with E-state index in [-0.39, 0.29) is 37.3 Å². The molecule has 1 aromatic carbocycles. The normalized spacial score (nSPS) is 18.1. The van der Waals surface area contributed by atoms with Crippen molar-refractivity contribution in [3.8, 4) is 0 Å². The number of sulfonamides is 1. The van der Waals surface area contributed by atoms with Crippen molar-refractivity contribution in [2.45, 2.75) is 43.2 Å². The highest BCUT2D eigenvalue weighted by molar-refractivity contribution is 7.89. The lowest BCUT2D eigenvalue weighted by Gasteiger charge is -2.34. The highest BCUT2D eigenvalue weighted by Crippen LogP contribution is 2.25. The molecule has 1 unspecified atom stereocenters. The van der Waals surface area contributed by atoms with Crippen molar-refractivity contribution < 1.29 is 13.2 Å². The average molecular weight is 419 g/mol. The molecule has 3 N–H and O–H groups in total. The number of piperidine rings is 1. The Balaban J connectivity index is 0.00000364. The maximum absolute atomic E-state index is 13.1. The fourth-order valence-corrected chi connectivity index (χ4v) is 4.91. The maximum Gasteiger partial charge on any atom is 0.243 e. The van der Waals surface area contributed by atoms with E-state index in [0.717, 1.165) is 31.4 Å². The molecule has 1 amide bonds. The van der Waals surface area contributed by atoms with Gasteiger partial charge in [0.2, 0.25) is 15.9 Å². The quantitative estimate of drug-likeness (QED) is 0.660. The first-order valence-corrected chi connectivity index (χ1v) is 10.5. The summed E-state index contributed by atoms with van der Waals surface area (Å²) in [5, 5.41) is 2.81. The van der Waals surface area contributed by atoms with Crippen LogP contribution in [0.3, 0.4) is 0 Å². The summed E-state index contributed by atoms with van der Waals surface area (Å²) in [4.78, 5) is 14.0.